The third-order valence-corrected chi connectivity index (χ3v) is 6.20. The van der Waals surface area contributed by atoms with Gasteiger partial charge in [-0.25, -0.2) is 4.57 Å². The first kappa shape index (κ1) is 25.0. The van der Waals surface area contributed by atoms with Crippen LogP contribution in [0, 0.1) is 0 Å². The van der Waals surface area contributed by atoms with Crippen molar-refractivity contribution < 1.29 is 28.4 Å². The van der Waals surface area contributed by atoms with Crippen molar-refractivity contribution in [3.8, 4) is 11.1 Å². The highest BCUT2D eigenvalue weighted by Crippen LogP contribution is 2.41. The Morgan fingerprint density at radius 2 is 1.88 bits per heavy atom. The Kier molecular flexibility index (Phi) is 9.11. The lowest BCUT2D eigenvalue weighted by Gasteiger charge is -2.15. The number of amides is 1. The molecule has 0 saturated heterocycles. The van der Waals surface area contributed by atoms with Gasteiger partial charge < -0.3 is 15.3 Å². The van der Waals surface area contributed by atoms with Gasteiger partial charge in [-0.1, -0.05) is 48.5 Å². The number of benzene rings is 2. The fraction of sp³-hybridized carbons (Fsp3) is 0.333. The maximum absolute atomic E-state index is 12.6. The van der Waals surface area contributed by atoms with Crippen molar-refractivity contribution in [2.75, 3.05) is 26.9 Å². The van der Waals surface area contributed by atoms with Crippen molar-refractivity contribution in [1.29, 1.82) is 0 Å². The van der Waals surface area contributed by atoms with Gasteiger partial charge in [0.15, 0.2) is 0 Å². The van der Waals surface area contributed by atoms with Gasteiger partial charge in [0.25, 0.3) is 0 Å². The van der Waals surface area contributed by atoms with Crippen LogP contribution in [0.4, 0.5) is 0 Å². The predicted octanol–water partition coefficient (Wildman–Crippen LogP) is 3.64. The van der Waals surface area contributed by atoms with E-state index in [1.807, 2.05) is 48.5 Å². The molecule has 0 aliphatic rings. The van der Waals surface area contributed by atoms with Crippen LogP contribution in [0.5, 0.6) is 0 Å². The van der Waals surface area contributed by atoms with Gasteiger partial charge in [0.2, 0.25) is 5.91 Å². The van der Waals surface area contributed by atoms with Gasteiger partial charge in [-0.3, -0.25) is 18.8 Å². The summed E-state index contributed by atoms with van der Waals surface area (Å²) in [7, 11) is -2.85. The molecule has 0 fully saturated rings. The molecular formula is C24H29N2O6P. The molecule has 0 radical (unpaired) electrons. The molecule has 176 valence electrons. The van der Waals surface area contributed by atoms with E-state index in [1.54, 1.807) is 6.20 Å². The fourth-order valence-corrected chi connectivity index (χ4v) is 4.12. The van der Waals surface area contributed by atoms with E-state index >= 15 is 0 Å². The number of hydrogen-bond donors (Lipinski definition) is 3. The van der Waals surface area contributed by atoms with Crippen LogP contribution in [-0.4, -0.2) is 47.8 Å². The highest BCUT2D eigenvalue weighted by atomic mass is 31.2. The second-order valence-electron chi connectivity index (χ2n) is 7.53. The minimum absolute atomic E-state index is 0.0397. The second-order valence-corrected chi connectivity index (χ2v) is 9.09. The van der Waals surface area contributed by atoms with Crippen LogP contribution in [0.15, 0.2) is 54.7 Å². The number of para-hydroxylation sites is 1. The topological polar surface area (TPSA) is 118 Å². The molecule has 3 N–H and O–H groups in total. The highest BCUT2D eigenvalue weighted by molar-refractivity contribution is 7.47. The molecule has 1 amide bonds. The van der Waals surface area contributed by atoms with Gasteiger partial charge in [-0.2, -0.15) is 0 Å². The lowest BCUT2D eigenvalue weighted by atomic mass is 9.93. The summed E-state index contributed by atoms with van der Waals surface area (Å²) < 4.78 is 20.4. The van der Waals surface area contributed by atoms with Crippen LogP contribution in [0.25, 0.3) is 22.0 Å². The van der Waals surface area contributed by atoms with Crippen molar-refractivity contribution in [3.05, 3.63) is 65.9 Å². The Balaban J connectivity index is 1.72. The number of carbonyl (C=O) groups is 1. The molecule has 0 saturated carbocycles. The number of pyridine rings is 1. The van der Waals surface area contributed by atoms with Gasteiger partial charge in [0.1, 0.15) is 0 Å². The summed E-state index contributed by atoms with van der Waals surface area (Å²) in [5, 5.41) is 13.2. The number of fused-ring (bicyclic) bond motifs is 1. The van der Waals surface area contributed by atoms with Crippen LogP contribution >= 0.6 is 7.82 Å². The molecule has 3 aromatic rings. The average molecular weight is 472 g/mol. The van der Waals surface area contributed by atoms with Crippen molar-refractivity contribution >= 4 is 24.6 Å². The van der Waals surface area contributed by atoms with Crippen molar-refractivity contribution in [2.24, 2.45) is 0 Å². The Morgan fingerprint density at radius 3 is 2.61 bits per heavy atom. The predicted molar refractivity (Wildman–Crippen MR) is 127 cm³/mol. The van der Waals surface area contributed by atoms with E-state index in [0.29, 0.717) is 25.8 Å². The second kappa shape index (κ2) is 12.0. The minimum Gasteiger partial charge on any atom is -0.396 e. The molecule has 1 aromatic heterocycles. The molecule has 9 heteroatoms. The number of hydrogen-bond acceptors (Lipinski definition) is 6. The average Bonchev–Trinajstić information content (AvgIpc) is 2.82. The van der Waals surface area contributed by atoms with Crippen LogP contribution in [-0.2, 0) is 31.2 Å². The summed E-state index contributed by atoms with van der Waals surface area (Å²) in [6, 6.07) is 15.8. The Morgan fingerprint density at radius 1 is 1.09 bits per heavy atom. The molecule has 0 aliphatic heterocycles. The van der Waals surface area contributed by atoms with Crippen molar-refractivity contribution in [1.82, 2.24) is 10.3 Å². The fourth-order valence-electron chi connectivity index (χ4n) is 3.65. The number of unbranched alkanes of at least 4 members (excludes halogenated alkanes) is 1. The number of aliphatic hydroxyl groups excluding tert-OH is 1. The van der Waals surface area contributed by atoms with Crippen LogP contribution in [0.2, 0.25) is 0 Å². The Bertz CT molecular complexity index is 1120. The number of phosphoric ester groups is 1. The van der Waals surface area contributed by atoms with E-state index in [9.17, 15) is 19.4 Å². The van der Waals surface area contributed by atoms with E-state index < -0.39 is 7.82 Å². The number of carbonyl (C=O) groups excluding carboxylic acids is 1. The summed E-state index contributed by atoms with van der Waals surface area (Å²) in [4.78, 5) is 26.5. The first-order valence-corrected chi connectivity index (χ1v) is 12.3. The van der Waals surface area contributed by atoms with E-state index in [4.69, 9.17) is 4.52 Å². The molecule has 0 spiro atoms. The summed E-state index contributed by atoms with van der Waals surface area (Å²) in [6.07, 6.45) is 3.53. The molecule has 0 bridgehead atoms. The van der Waals surface area contributed by atoms with E-state index in [0.717, 1.165) is 40.3 Å². The summed E-state index contributed by atoms with van der Waals surface area (Å²) in [5.41, 5.74) is 4.56. The van der Waals surface area contributed by atoms with Gasteiger partial charge >= 0.3 is 7.82 Å². The highest BCUT2D eigenvalue weighted by Gasteiger charge is 2.18. The molecule has 2 aromatic carbocycles. The number of nitrogens with zero attached hydrogens (tertiary/aromatic N) is 1. The Labute approximate surface area is 193 Å². The Hall–Kier alpha value is -2.61. The van der Waals surface area contributed by atoms with Gasteiger partial charge in [0, 0.05) is 31.8 Å². The molecule has 8 nitrogen and oxygen atoms in total. The quantitative estimate of drug-likeness (QED) is 0.272. The first-order valence-electron chi connectivity index (χ1n) is 10.8. The normalized spacial score (nSPS) is 13.1. The van der Waals surface area contributed by atoms with Crippen LogP contribution in [0.1, 0.15) is 24.0 Å². The number of nitrogens with one attached hydrogen (secondary N) is 1. The molecule has 1 unspecified atom stereocenters. The molecule has 3 rings (SSSR count). The third kappa shape index (κ3) is 6.93. The van der Waals surface area contributed by atoms with Gasteiger partial charge in [0.05, 0.1) is 18.5 Å². The zero-order valence-electron chi connectivity index (χ0n) is 18.6. The van der Waals surface area contributed by atoms with E-state index in [-0.39, 0.29) is 25.5 Å². The standard InChI is InChI=1S/C24H29N2O6P/c1-31-33(29,30)32-15-6-5-13-25-22(28)16-20-17-26-24-19(12-14-27)10-7-11-21(24)23(20)18-8-3-2-4-9-18/h2-4,7-11,17,27H,5-6,12-16H2,1H3,(H,25,28)(H,29,30). The van der Waals surface area contributed by atoms with E-state index in [2.05, 4.69) is 14.8 Å². The molecule has 0 aliphatic carbocycles. The maximum atomic E-state index is 12.6. The van der Waals surface area contributed by atoms with Crippen molar-refractivity contribution in [3.63, 3.8) is 0 Å². The number of aromatic nitrogens is 1. The first-order chi connectivity index (χ1) is 15.9. The summed E-state index contributed by atoms with van der Waals surface area (Å²) in [6.45, 7) is 0.533. The SMILES string of the molecule is COP(=O)(O)OCCCCNC(=O)Cc1cnc2c(CCO)cccc2c1-c1ccccc1. The van der Waals surface area contributed by atoms with Gasteiger partial charge in [-0.15, -0.1) is 0 Å². The largest absolute Gasteiger partial charge is 0.471 e. The smallest absolute Gasteiger partial charge is 0.396 e. The molecule has 1 heterocycles. The summed E-state index contributed by atoms with van der Waals surface area (Å²) in [5.74, 6) is -0.134. The third-order valence-electron chi connectivity index (χ3n) is 5.23. The maximum Gasteiger partial charge on any atom is 0.471 e. The number of phosphoric acid groups is 1. The summed E-state index contributed by atoms with van der Waals surface area (Å²) >= 11 is 0. The molecular weight excluding hydrogens is 443 g/mol. The van der Waals surface area contributed by atoms with E-state index in [1.165, 1.54) is 0 Å². The van der Waals surface area contributed by atoms with Crippen LogP contribution < -0.4 is 5.32 Å². The number of rotatable bonds is 12. The van der Waals surface area contributed by atoms with Gasteiger partial charge in [-0.05, 0) is 41.5 Å². The lowest BCUT2D eigenvalue weighted by molar-refractivity contribution is -0.120. The minimum atomic E-state index is -3.96. The zero-order valence-corrected chi connectivity index (χ0v) is 19.5. The number of aliphatic hydroxyl groups is 1. The molecule has 1 atom stereocenters. The van der Waals surface area contributed by atoms with Crippen LogP contribution in [0.3, 0.4) is 0 Å². The van der Waals surface area contributed by atoms with Crippen molar-refractivity contribution in [2.45, 2.75) is 25.7 Å². The molecule has 33 heavy (non-hydrogen) atoms. The zero-order chi connectivity index (χ0) is 23.7. The lowest BCUT2D eigenvalue weighted by Crippen LogP contribution is -2.26. The monoisotopic (exact) mass is 472 g/mol.